The molecule has 0 radical (unpaired) electrons. The second-order valence-corrected chi connectivity index (χ2v) is 9.38. The number of sulfonamides is 1. The van der Waals surface area contributed by atoms with Crippen LogP contribution in [0.3, 0.4) is 0 Å². The van der Waals surface area contributed by atoms with Crippen LogP contribution in [0.4, 0.5) is 0 Å². The number of carbonyl (C=O) groups is 1. The van der Waals surface area contributed by atoms with Crippen LogP contribution in [0, 0.1) is 5.92 Å². The van der Waals surface area contributed by atoms with Gasteiger partial charge in [-0.25, -0.2) is 8.42 Å². The third kappa shape index (κ3) is 4.62. The van der Waals surface area contributed by atoms with E-state index in [0.29, 0.717) is 22.9 Å². The van der Waals surface area contributed by atoms with Crippen molar-refractivity contribution < 1.29 is 13.2 Å². The van der Waals surface area contributed by atoms with Gasteiger partial charge in [-0.1, -0.05) is 44.2 Å². The number of benzene rings is 2. The van der Waals surface area contributed by atoms with Gasteiger partial charge in [-0.15, -0.1) is 0 Å². The zero-order valence-electron chi connectivity index (χ0n) is 16.5. The lowest BCUT2D eigenvalue weighted by molar-refractivity contribution is 0.0683. The topological polar surface area (TPSA) is 57.7 Å². The Morgan fingerprint density at radius 3 is 2.39 bits per heavy atom. The number of rotatable bonds is 6. The fraction of sp³-hybridized carbons (Fsp3) is 0.409. The van der Waals surface area contributed by atoms with Gasteiger partial charge in [-0.3, -0.25) is 4.79 Å². The molecule has 0 saturated carbocycles. The summed E-state index contributed by atoms with van der Waals surface area (Å²) in [7, 11) is -3.54. The Morgan fingerprint density at radius 2 is 1.79 bits per heavy atom. The second kappa shape index (κ2) is 8.88. The average molecular weight is 401 g/mol. The predicted octanol–water partition coefficient (Wildman–Crippen LogP) is 3.77. The van der Waals surface area contributed by atoms with Gasteiger partial charge in [0.1, 0.15) is 0 Å². The molecule has 1 aliphatic heterocycles. The number of piperidine rings is 1. The Hall–Kier alpha value is -2.18. The van der Waals surface area contributed by atoms with E-state index in [2.05, 4.69) is 6.92 Å². The Kier molecular flexibility index (Phi) is 6.52. The van der Waals surface area contributed by atoms with Crippen molar-refractivity contribution in [1.82, 2.24) is 9.21 Å². The van der Waals surface area contributed by atoms with E-state index in [4.69, 9.17) is 0 Å². The van der Waals surface area contributed by atoms with Gasteiger partial charge >= 0.3 is 0 Å². The Bertz CT molecular complexity index is 895. The first-order valence-electron chi connectivity index (χ1n) is 9.85. The van der Waals surface area contributed by atoms with E-state index in [1.807, 2.05) is 24.0 Å². The summed E-state index contributed by atoms with van der Waals surface area (Å²) in [4.78, 5) is 14.9. The third-order valence-corrected chi connectivity index (χ3v) is 7.17. The largest absolute Gasteiger partial charge is 0.338 e. The summed E-state index contributed by atoms with van der Waals surface area (Å²) in [6, 6.07) is 15.8. The highest BCUT2D eigenvalue weighted by Crippen LogP contribution is 2.20. The highest BCUT2D eigenvalue weighted by atomic mass is 32.2. The van der Waals surface area contributed by atoms with Gasteiger partial charge in [-0.2, -0.15) is 4.31 Å². The highest BCUT2D eigenvalue weighted by Gasteiger charge is 2.24. The first-order chi connectivity index (χ1) is 13.4. The Labute approximate surface area is 168 Å². The van der Waals surface area contributed by atoms with Crippen molar-refractivity contribution in [1.29, 1.82) is 0 Å². The number of amides is 1. The molecule has 0 unspecified atom stereocenters. The lowest BCUT2D eigenvalue weighted by Gasteiger charge is -2.31. The summed E-state index contributed by atoms with van der Waals surface area (Å²) in [6.45, 7) is 6.28. The molecule has 1 aliphatic rings. The zero-order chi connectivity index (χ0) is 20.1. The summed E-state index contributed by atoms with van der Waals surface area (Å²) in [5.74, 6) is 0.598. The van der Waals surface area contributed by atoms with Crippen LogP contribution >= 0.6 is 0 Å². The van der Waals surface area contributed by atoms with E-state index in [1.54, 1.807) is 42.5 Å². The minimum absolute atomic E-state index is 0.0577. The van der Waals surface area contributed by atoms with Gasteiger partial charge in [0.25, 0.3) is 5.91 Å². The van der Waals surface area contributed by atoms with Crippen LogP contribution in [-0.4, -0.2) is 43.2 Å². The van der Waals surface area contributed by atoms with Gasteiger partial charge in [0, 0.05) is 31.7 Å². The van der Waals surface area contributed by atoms with E-state index in [-0.39, 0.29) is 12.5 Å². The molecule has 2 aromatic rings. The molecule has 28 heavy (non-hydrogen) atoms. The normalized spacial score (nSPS) is 17.7. The van der Waals surface area contributed by atoms with Crippen molar-refractivity contribution in [3.05, 3.63) is 65.7 Å². The lowest BCUT2D eigenvalue weighted by atomic mass is 9.99. The van der Waals surface area contributed by atoms with E-state index in [1.165, 1.54) is 10.7 Å². The summed E-state index contributed by atoms with van der Waals surface area (Å²) < 4.78 is 27.1. The summed E-state index contributed by atoms with van der Waals surface area (Å²) >= 11 is 0. The van der Waals surface area contributed by atoms with Crippen molar-refractivity contribution in [3.63, 3.8) is 0 Å². The average Bonchev–Trinajstić information content (AvgIpc) is 2.72. The number of nitrogens with zero attached hydrogens (tertiary/aromatic N) is 2. The minimum Gasteiger partial charge on any atom is -0.338 e. The molecule has 2 aromatic carbocycles. The van der Waals surface area contributed by atoms with Gasteiger partial charge < -0.3 is 4.90 Å². The summed E-state index contributed by atoms with van der Waals surface area (Å²) in [5, 5.41) is 0. The maximum absolute atomic E-state index is 12.8. The predicted molar refractivity (Wildman–Crippen MR) is 110 cm³/mol. The van der Waals surface area contributed by atoms with Gasteiger partial charge in [0.15, 0.2) is 0 Å². The van der Waals surface area contributed by atoms with Crippen molar-refractivity contribution >= 4 is 15.9 Å². The molecule has 1 amide bonds. The molecule has 5 nitrogen and oxygen atoms in total. The van der Waals surface area contributed by atoms with Crippen LogP contribution in [0.15, 0.2) is 59.5 Å². The molecule has 1 atom stereocenters. The van der Waals surface area contributed by atoms with Crippen LogP contribution in [0.5, 0.6) is 0 Å². The molecule has 150 valence electrons. The first-order valence-corrected chi connectivity index (χ1v) is 11.3. The number of hydrogen-bond donors (Lipinski definition) is 0. The zero-order valence-corrected chi connectivity index (χ0v) is 17.4. The van der Waals surface area contributed by atoms with Crippen LogP contribution in [0.1, 0.15) is 42.6 Å². The van der Waals surface area contributed by atoms with Gasteiger partial charge in [-0.05, 0) is 48.6 Å². The van der Waals surface area contributed by atoms with Crippen molar-refractivity contribution in [2.24, 2.45) is 5.92 Å². The van der Waals surface area contributed by atoms with E-state index in [0.717, 1.165) is 25.1 Å². The SMILES string of the molecule is CCN(Cc1ccc(C(=O)N2CCC[C@H](C)C2)cc1)S(=O)(=O)c1ccccc1. The van der Waals surface area contributed by atoms with E-state index in [9.17, 15) is 13.2 Å². The molecule has 3 rings (SSSR count). The molecule has 0 N–H and O–H groups in total. The van der Waals surface area contributed by atoms with Crippen LogP contribution in [0.25, 0.3) is 0 Å². The van der Waals surface area contributed by atoms with Crippen LogP contribution in [0.2, 0.25) is 0 Å². The molecule has 6 heteroatoms. The molecule has 0 spiro atoms. The Balaban J connectivity index is 1.71. The molecule has 1 fully saturated rings. The highest BCUT2D eigenvalue weighted by molar-refractivity contribution is 7.89. The lowest BCUT2D eigenvalue weighted by Crippen LogP contribution is -2.39. The number of carbonyl (C=O) groups excluding carboxylic acids is 1. The third-order valence-electron chi connectivity index (χ3n) is 5.24. The molecule has 0 aliphatic carbocycles. The van der Waals surface area contributed by atoms with Crippen LogP contribution < -0.4 is 0 Å². The second-order valence-electron chi connectivity index (χ2n) is 7.44. The Morgan fingerprint density at radius 1 is 1.11 bits per heavy atom. The first kappa shape index (κ1) is 20.6. The summed E-state index contributed by atoms with van der Waals surface area (Å²) in [5.41, 5.74) is 1.52. The van der Waals surface area contributed by atoms with Gasteiger partial charge in [0.05, 0.1) is 4.90 Å². The van der Waals surface area contributed by atoms with Gasteiger partial charge in [0.2, 0.25) is 10.0 Å². The molecule has 1 saturated heterocycles. The fourth-order valence-corrected chi connectivity index (χ4v) is 5.08. The van der Waals surface area contributed by atoms with E-state index >= 15 is 0 Å². The van der Waals surface area contributed by atoms with Crippen molar-refractivity contribution in [3.8, 4) is 0 Å². The van der Waals surface area contributed by atoms with Crippen molar-refractivity contribution in [2.75, 3.05) is 19.6 Å². The smallest absolute Gasteiger partial charge is 0.253 e. The van der Waals surface area contributed by atoms with Crippen LogP contribution in [-0.2, 0) is 16.6 Å². The molecule has 1 heterocycles. The summed E-state index contributed by atoms with van der Waals surface area (Å²) in [6.07, 6.45) is 2.22. The quantitative estimate of drug-likeness (QED) is 0.742. The standard InChI is InChI=1S/C22H28N2O3S/c1-3-24(28(26,27)21-9-5-4-6-10-21)17-19-11-13-20(14-12-19)22(25)23-15-7-8-18(2)16-23/h4-6,9-14,18H,3,7-8,15-17H2,1-2H3/t18-/m0/s1. The molecule has 0 bridgehead atoms. The van der Waals surface area contributed by atoms with E-state index < -0.39 is 10.0 Å². The molecule has 0 aromatic heterocycles. The van der Waals surface area contributed by atoms with Crippen molar-refractivity contribution in [2.45, 2.75) is 38.1 Å². The fourth-order valence-electron chi connectivity index (χ4n) is 3.62. The molecular weight excluding hydrogens is 372 g/mol. The number of hydrogen-bond acceptors (Lipinski definition) is 3. The molecular formula is C22H28N2O3S. The maximum Gasteiger partial charge on any atom is 0.253 e. The maximum atomic E-state index is 12.8. The minimum atomic E-state index is -3.54. The number of likely N-dealkylation sites (tertiary alicyclic amines) is 1. The monoisotopic (exact) mass is 400 g/mol.